The van der Waals surface area contributed by atoms with Gasteiger partial charge in [-0.3, -0.25) is 4.79 Å². The van der Waals surface area contributed by atoms with E-state index in [9.17, 15) is 13.2 Å². The number of hydrogen-bond donors (Lipinski definition) is 1. The van der Waals surface area contributed by atoms with Crippen LogP contribution in [0.1, 0.15) is 23.7 Å². The zero-order valence-electron chi connectivity index (χ0n) is 16.2. The fourth-order valence-electron chi connectivity index (χ4n) is 3.12. The van der Waals surface area contributed by atoms with Crippen molar-refractivity contribution in [1.29, 1.82) is 0 Å². The molecule has 0 saturated heterocycles. The smallest absolute Gasteiger partial charge is 0.276 e. The Bertz CT molecular complexity index is 1140. The summed E-state index contributed by atoms with van der Waals surface area (Å²) < 4.78 is 30.1. The summed E-state index contributed by atoms with van der Waals surface area (Å²) >= 11 is 0. The molecule has 0 fully saturated rings. The molecule has 0 saturated carbocycles. The molecule has 0 radical (unpaired) electrons. The molecule has 150 valence electrons. The highest BCUT2D eigenvalue weighted by Gasteiger charge is 2.27. The average Bonchev–Trinajstić information content (AvgIpc) is 2.76. The Labute approximate surface area is 170 Å². The molecule has 6 nitrogen and oxygen atoms in total. The summed E-state index contributed by atoms with van der Waals surface area (Å²) in [6, 6.07) is 21.0. The molecular weight excluding hydrogens is 388 g/mol. The number of rotatable bonds is 7. The predicted molar refractivity (Wildman–Crippen MR) is 113 cm³/mol. The lowest BCUT2D eigenvalue weighted by atomic mass is 9.91. The maximum Gasteiger partial charge on any atom is 0.276 e. The van der Waals surface area contributed by atoms with E-state index in [1.165, 1.54) is 19.2 Å². The van der Waals surface area contributed by atoms with Gasteiger partial charge in [0.2, 0.25) is 5.90 Å². The van der Waals surface area contributed by atoms with Gasteiger partial charge in [0.05, 0.1) is 17.9 Å². The molecule has 0 heterocycles. The number of sulfonamides is 1. The summed E-state index contributed by atoms with van der Waals surface area (Å²) in [5, 5.41) is 5.71. The first-order valence-electron chi connectivity index (χ1n) is 9.18. The van der Waals surface area contributed by atoms with Gasteiger partial charge in [0, 0.05) is 5.56 Å². The Morgan fingerprint density at radius 1 is 1.00 bits per heavy atom. The van der Waals surface area contributed by atoms with Crippen molar-refractivity contribution in [3.8, 4) is 0 Å². The number of nitrogens with zero attached hydrogens (tertiary/aromatic N) is 1. The van der Waals surface area contributed by atoms with Crippen LogP contribution >= 0.6 is 0 Å². The van der Waals surface area contributed by atoms with Gasteiger partial charge in [-0.15, -0.1) is 5.10 Å². The monoisotopic (exact) mass is 410 g/mol. The Morgan fingerprint density at radius 3 is 2.34 bits per heavy atom. The standard InChI is InChI=1S/C22H22N2O4S/c1-3-18(21(25)20-15-9-11-16-10-7-8-14-19(16)20)22(28-2)23-24-29(26,27)17-12-5-4-6-13-17/h4-15,18,24H,3H2,1-2H3. The third-order valence-corrected chi connectivity index (χ3v) is 5.84. The van der Waals surface area contributed by atoms with E-state index in [1.807, 2.05) is 43.3 Å². The molecule has 1 unspecified atom stereocenters. The van der Waals surface area contributed by atoms with Gasteiger partial charge in [-0.1, -0.05) is 67.6 Å². The molecule has 0 amide bonds. The number of ketones is 1. The number of methoxy groups -OCH3 is 1. The first kappa shape index (κ1) is 20.5. The summed E-state index contributed by atoms with van der Waals surface area (Å²) in [6.07, 6.45) is 0.405. The van der Waals surface area contributed by atoms with Crippen LogP contribution in [0.15, 0.2) is 82.8 Å². The van der Waals surface area contributed by atoms with Crippen molar-refractivity contribution in [3.63, 3.8) is 0 Å². The van der Waals surface area contributed by atoms with Crippen molar-refractivity contribution >= 4 is 32.5 Å². The van der Waals surface area contributed by atoms with Crippen molar-refractivity contribution in [1.82, 2.24) is 4.83 Å². The van der Waals surface area contributed by atoms with Gasteiger partial charge in [-0.2, -0.15) is 13.2 Å². The molecule has 29 heavy (non-hydrogen) atoms. The van der Waals surface area contributed by atoms with Gasteiger partial charge in [0.15, 0.2) is 5.78 Å². The highest BCUT2D eigenvalue weighted by atomic mass is 32.2. The lowest BCUT2D eigenvalue weighted by molar-refractivity contribution is 0.0942. The van der Waals surface area contributed by atoms with Crippen LogP contribution in [0.4, 0.5) is 0 Å². The molecule has 1 atom stereocenters. The van der Waals surface area contributed by atoms with Crippen LogP contribution in [0, 0.1) is 5.92 Å². The molecule has 3 rings (SSSR count). The third-order valence-electron chi connectivity index (χ3n) is 4.62. The number of benzene rings is 3. The van der Waals surface area contributed by atoms with Gasteiger partial charge in [0.25, 0.3) is 10.0 Å². The van der Waals surface area contributed by atoms with Crippen LogP contribution in [0.5, 0.6) is 0 Å². The number of carbonyl (C=O) groups is 1. The normalized spacial score (nSPS) is 13.1. The van der Waals surface area contributed by atoms with Crippen LogP contribution in [0.3, 0.4) is 0 Å². The Morgan fingerprint density at radius 2 is 1.66 bits per heavy atom. The minimum absolute atomic E-state index is 0.0185. The molecule has 3 aromatic rings. The lowest BCUT2D eigenvalue weighted by Gasteiger charge is -2.17. The van der Waals surface area contributed by atoms with Crippen LogP contribution in [-0.2, 0) is 14.8 Å². The lowest BCUT2D eigenvalue weighted by Crippen LogP contribution is -2.29. The second-order valence-corrected chi connectivity index (χ2v) is 8.07. The molecule has 0 aromatic heterocycles. The quantitative estimate of drug-likeness (QED) is 0.276. The van der Waals surface area contributed by atoms with Crippen molar-refractivity contribution in [2.75, 3.05) is 7.11 Å². The minimum atomic E-state index is -3.86. The van der Waals surface area contributed by atoms with E-state index in [-0.39, 0.29) is 16.6 Å². The number of carbonyl (C=O) groups excluding carboxylic acids is 1. The minimum Gasteiger partial charge on any atom is -0.482 e. The topological polar surface area (TPSA) is 84.8 Å². The first-order chi connectivity index (χ1) is 14.0. The van der Waals surface area contributed by atoms with Gasteiger partial charge in [-0.05, 0) is 29.3 Å². The van der Waals surface area contributed by atoms with E-state index in [0.29, 0.717) is 12.0 Å². The predicted octanol–water partition coefficient (Wildman–Crippen LogP) is 3.99. The van der Waals surface area contributed by atoms with E-state index < -0.39 is 15.9 Å². The van der Waals surface area contributed by atoms with Crippen LogP contribution < -0.4 is 4.83 Å². The Balaban J connectivity index is 1.92. The van der Waals surface area contributed by atoms with E-state index in [4.69, 9.17) is 4.74 Å². The maximum absolute atomic E-state index is 13.2. The highest BCUT2D eigenvalue weighted by Crippen LogP contribution is 2.23. The van der Waals surface area contributed by atoms with Crippen LogP contribution in [-0.4, -0.2) is 27.2 Å². The molecule has 0 aliphatic heterocycles. The summed E-state index contributed by atoms with van der Waals surface area (Å²) in [6.45, 7) is 1.83. The first-order valence-corrected chi connectivity index (χ1v) is 10.7. The number of hydrazone groups is 1. The molecule has 0 bridgehead atoms. The van der Waals surface area contributed by atoms with Crippen molar-refractivity contribution in [2.24, 2.45) is 11.0 Å². The summed E-state index contributed by atoms with van der Waals surface area (Å²) in [5.74, 6) is -0.877. The number of hydrogen-bond acceptors (Lipinski definition) is 5. The highest BCUT2D eigenvalue weighted by molar-refractivity contribution is 7.89. The largest absolute Gasteiger partial charge is 0.482 e. The summed E-state index contributed by atoms with van der Waals surface area (Å²) in [7, 11) is -2.49. The van der Waals surface area contributed by atoms with E-state index >= 15 is 0 Å². The third kappa shape index (κ3) is 4.46. The van der Waals surface area contributed by atoms with E-state index in [2.05, 4.69) is 9.93 Å². The Hall–Kier alpha value is -3.19. The average molecular weight is 410 g/mol. The van der Waals surface area contributed by atoms with Crippen molar-refractivity contribution < 1.29 is 17.9 Å². The zero-order chi connectivity index (χ0) is 20.9. The molecule has 0 aliphatic carbocycles. The molecule has 1 N–H and O–H groups in total. The van der Waals surface area contributed by atoms with Gasteiger partial charge in [0.1, 0.15) is 0 Å². The van der Waals surface area contributed by atoms with E-state index in [1.54, 1.807) is 24.3 Å². The molecule has 7 heteroatoms. The molecular formula is C22H22N2O4S. The zero-order valence-corrected chi connectivity index (χ0v) is 17.0. The molecule has 0 spiro atoms. The van der Waals surface area contributed by atoms with Crippen LogP contribution in [0.2, 0.25) is 0 Å². The number of Topliss-reactive ketones (excluding diaryl/α,β-unsaturated/α-hetero) is 1. The van der Waals surface area contributed by atoms with Crippen molar-refractivity contribution in [3.05, 3.63) is 78.4 Å². The van der Waals surface area contributed by atoms with Gasteiger partial charge < -0.3 is 4.74 Å². The second-order valence-electron chi connectivity index (χ2n) is 6.41. The molecule has 0 aliphatic rings. The molecule has 3 aromatic carbocycles. The van der Waals surface area contributed by atoms with E-state index in [0.717, 1.165) is 10.8 Å². The Kier molecular flexibility index (Phi) is 6.29. The maximum atomic E-state index is 13.2. The second kappa shape index (κ2) is 8.87. The number of fused-ring (bicyclic) bond motifs is 1. The summed E-state index contributed by atoms with van der Waals surface area (Å²) in [5.41, 5.74) is 0.547. The fourth-order valence-corrected chi connectivity index (χ4v) is 3.95. The number of nitrogens with one attached hydrogen (secondary N) is 1. The fraction of sp³-hybridized carbons (Fsp3) is 0.182. The van der Waals surface area contributed by atoms with Gasteiger partial charge >= 0.3 is 0 Å². The van der Waals surface area contributed by atoms with Gasteiger partial charge in [-0.25, -0.2) is 0 Å². The number of ether oxygens (including phenoxy) is 1. The van der Waals surface area contributed by atoms with Crippen LogP contribution in [0.25, 0.3) is 10.8 Å². The van der Waals surface area contributed by atoms with Crippen molar-refractivity contribution in [2.45, 2.75) is 18.2 Å². The SMILES string of the molecule is CCC(C(=O)c1cccc2ccccc12)C(=NNS(=O)(=O)c1ccccc1)OC. The summed E-state index contributed by atoms with van der Waals surface area (Å²) in [4.78, 5) is 15.5.